The van der Waals surface area contributed by atoms with Crippen molar-refractivity contribution in [3.63, 3.8) is 0 Å². The van der Waals surface area contributed by atoms with E-state index in [0.29, 0.717) is 17.3 Å². The van der Waals surface area contributed by atoms with Crippen molar-refractivity contribution in [3.05, 3.63) is 36.9 Å². The third-order valence-electron chi connectivity index (χ3n) is 4.00. The fraction of sp³-hybridized carbons (Fsp3) is 0.222. The largest absolute Gasteiger partial charge is 0.489 e. The van der Waals surface area contributed by atoms with Crippen molar-refractivity contribution >= 4 is 27.3 Å². The Kier molecular flexibility index (Phi) is 6.55. The van der Waals surface area contributed by atoms with Gasteiger partial charge in [-0.2, -0.15) is 9.97 Å². The van der Waals surface area contributed by atoms with Gasteiger partial charge >= 0.3 is 0 Å². The number of aromatic nitrogens is 4. The molecule has 0 bridgehead atoms. The number of anilines is 3. The van der Waals surface area contributed by atoms with Crippen LogP contribution in [0.4, 0.5) is 17.3 Å². The zero-order valence-electron chi connectivity index (χ0n) is 17.1. The maximum atomic E-state index is 12.8. The molecule has 164 valence electrons. The van der Waals surface area contributed by atoms with Crippen LogP contribution in [-0.4, -0.2) is 56.8 Å². The number of benzene rings is 1. The molecule has 0 saturated heterocycles. The predicted octanol–water partition coefficient (Wildman–Crippen LogP) is 1.85. The average Bonchev–Trinajstić information content (AvgIpc) is 2.78. The summed E-state index contributed by atoms with van der Waals surface area (Å²) >= 11 is 0. The minimum atomic E-state index is -3.96. The van der Waals surface area contributed by atoms with Crippen LogP contribution in [-0.2, 0) is 10.0 Å². The van der Waals surface area contributed by atoms with E-state index in [1.807, 2.05) is 0 Å². The second-order valence-corrected chi connectivity index (χ2v) is 7.47. The number of rotatable bonds is 9. The SMILES string of the molecule is COc1ncnc(Nc2ccc(S(=O)(=O)Nc3ncnc(OC)c3OC)cc2)c1OC. The Morgan fingerprint density at radius 3 is 1.74 bits per heavy atom. The number of nitrogens with zero attached hydrogens (tertiary/aromatic N) is 4. The van der Waals surface area contributed by atoms with Gasteiger partial charge in [0.1, 0.15) is 12.7 Å². The summed E-state index contributed by atoms with van der Waals surface area (Å²) in [5, 5.41) is 3.03. The van der Waals surface area contributed by atoms with E-state index in [4.69, 9.17) is 18.9 Å². The van der Waals surface area contributed by atoms with Crippen molar-refractivity contribution in [2.45, 2.75) is 4.90 Å². The van der Waals surface area contributed by atoms with E-state index in [2.05, 4.69) is 30.0 Å². The van der Waals surface area contributed by atoms with E-state index in [9.17, 15) is 8.42 Å². The minimum Gasteiger partial charge on any atom is -0.489 e. The van der Waals surface area contributed by atoms with Crippen molar-refractivity contribution in [2.75, 3.05) is 38.5 Å². The van der Waals surface area contributed by atoms with Crippen molar-refractivity contribution in [1.29, 1.82) is 0 Å². The van der Waals surface area contributed by atoms with Gasteiger partial charge in [-0.3, -0.25) is 4.72 Å². The topological polar surface area (TPSA) is 147 Å². The molecule has 0 aliphatic rings. The Balaban J connectivity index is 1.83. The standard InChI is InChI=1S/C18H20N6O6S/c1-27-13-15(19-9-21-17(13)29-3)23-11-5-7-12(8-6-11)31(25,26)24-16-14(28-2)18(30-4)22-10-20-16/h5-10H,1-4H3,(H,19,21,23)(H,20,22,24). The van der Waals surface area contributed by atoms with E-state index >= 15 is 0 Å². The first-order chi connectivity index (χ1) is 14.9. The predicted molar refractivity (Wildman–Crippen MR) is 111 cm³/mol. The van der Waals surface area contributed by atoms with Crippen LogP contribution < -0.4 is 29.0 Å². The summed E-state index contributed by atoms with van der Waals surface area (Å²) in [6.45, 7) is 0. The first-order valence-corrected chi connectivity index (χ1v) is 10.2. The lowest BCUT2D eigenvalue weighted by atomic mass is 10.3. The smallest absolute Gasteiger partial charge is 0.263 e. The molecular formula is C18H20N6O6S. The van der Waals surface area contributed by atoms with Crippen molar-refractivity contribution < 1.29 is 27.4 Å². The van der Waals surface area contributed by atoms with Crippen LogP contribution in [0.3, 0.4) is 0 Å². The molecule has 0 radical (unpaired) electrons. The van der Waals surface area contributed by atoms with Gasteiger partial charge in [0.05, 0.1) is 33.3 Å². The highest BCUT2D eigenvalue weighted by molar-refractivity contribution is 7.92. The number of hydrogen-bond donors (Lipinski definition) is 2. The fourth-order valence-electron chi connectivity index (χ4n) is 2.58. The molecule has 2 N–H and O–H groups in total. The first kappa shape index (κ1) is 21.8. The van der Waals surface area contributed by atoms with E-state index < -0.39 is 10.0 Å². The maximum absolute atomic E-state index is 12.8. The van der Waals surface area contributed by atoms with Crippen LogP contribution in [0, 0.1) is 0 Å². The highest BCUT2D eigenvalue weighted by Crippen LogP contribution is 2.34. The molecule has 13 heteroatoms. The third-order valence-corrected chi connectivity index (χ3v) is 5.35. The summed E-state index contributed by atoms with van der Waals surface area (Å²) < 4.78 is 48.5. The molecule has 31 heavy (non-hydrogen) atoms. The molecule has 12 nitrogen and oxygen atoms in total. The van der Waals surface area contributed by atoms with Gasteiger partial charge in [-0.05, 0) is 24.3 Å². The fourth-order valence-corrected chi connectivity index (χ4v) is 3.59. The molecule has 3 rings (SSSR count). The first-order valence-electron chi connectivity index (χ1n) is 8.69. The van der Waals surface area contributed by atoms with Crippen LogP contribution >= 0.6 is 0 Å². The van der Waals surface area contributed by atoms with Crippen LogP contribution in [0.1, 0.15) is 0 Å². The van der Waals surface area contributed by atoms with E-state index in [0.717, 1.165) is 6.33 Å². The monoisotopic (exact) mass is 448 g/mol. The van der Waals surface area contributed by atoms with Crippen molar-refractivity contribution in [1.82, 2.24) is 19.9 Å². The molecule has 0 unspecified atom stereocenters. The highest BCUT2D eigenvalue weighted by atomic mass is 32.2. The summed E-state index contributed by atoms with van der Waals surface area (Å²) in [7, 11) is 1.71. The highest BCUT2D eigenvalue weighted by Gasteiger charge is 2.21. The number of methoxy groups -OCH3 is 4. The van der Waals surface area contributed by atoms with Crippen LogP contribution in [0.5, 0.6) is 23.3 Å². The molecule has 0 spiro atoms. The minimum absolute atomic E-state index is 0.00455. The zero-order chi connectivity index (χ0) is 22.4. The molecular weight excluding hydrogens is 428 g/mol. The lowest BCUT2D eigenvalue weighted by molar-refractivity contribution is 0.342. The molecule has 0 saturated carbocycles. The molecule has 0 aliphatic carbocycles. The Morgan fingerprint density at radius 1 is 0.710 bits per heavy atom. The lowest BCUT2D eigenvalue weighted by Gasteiger charge is -2.14. The van der Waals surface area contributed by atoms with Gasteiger partial charge in [-0.15, -0.1) is 0 Å². The second kappa shape index (κ2) is 9.30. The summed E-state index contributed by atoms with van der Waals surface area (Å²) in [6, 6.07) is 5.97. The number of hydrogen-bond acceptors (Lipinski definition) is 11. The van der Waals surface area contributed by atoms with Crippen molar-refractivity contribution in [2.24, 2.45) is 0 Å². The van der Waals surface area contributed by atoms with Crippen LogP contribution in [0.2, 0.25) is 0 Å². The van der Waals surface area contributed by atoms with Gasteiger partial charge < -0.3 is 24.3 Å². The van der Waals surface area contributed by atoms with Crippen LogP contribution in [0.15, 0.2) is 41.8 Å². The molecule has 1 aromatic carbocycles. The van der Waals surface area contributed by atoms with Crippen molar-refractivity contribution in [3.8, 4) is 23.3 Å². The summed E-state index contributed by atoms with van der Waals surface area (Å²) in [5.74, 6) is 1.06. The molecule has 3 aromatic rings. The lowest BCUT2D eigenvalue weighted by Crippen LogP contribution is -2.15. The van der Waals surface area contributed by atoms with E-state index in [1.54, 1.807) is 12.1 Å². The molecule has 0 amide bonds. The van der Waals surface area contributed by atoms with Gasteiger partial charge in [0, 0.05) is 5.69 Å². The Hall–Kier alpha value is -3.87. The van der Waals surface area contributed by atoms with Gasteiger partial charge in [0.25, 0.3) is 21.8 Å². The Bertz CT molecular complexity index is 1160. The third kappa shape index (κ3) is 4.66. The summed E-state index contributed by atoms with van der Waals surface area (Å²) in [4.78, 5) is 15.9. The second-order valence-electron chi connectivity index (χ2n) is 5.78. The van der Waals surface area contributed by atoms with Gasteiger partial charge in [-0.25, -0.2) is 18.4 Å². The zero-order valence-corrected chi connectivity index (χ0v) is 17.9. The quantitative estimate of drug-likeness (QED) is 0.494. The molecule has 0 fully saturated rings. The molecule has 0 atom stereocenters. The Morgan fingerprint density at radius 2 is 1.23 bits per heavy atom. The van der Waals surface area contributed by atoms with E-state index in [-0.39, 0.29) is 28.2 Å². The Labute approximate surface area is 178 Å². The van der Waals surface area contributed by atoms with Gasteiger partial charge in [0.2, 0.25) is 11.5 Å². The summed E-state index contributed by atoms with van der Waals surface area (Å²) in [5.41, 5.74) is 0.569. The maximum Gasteiger partial charge on any atom is 0.263 e. The molecule has 0 aliphatic heterocycles. The molecule has 2 aromatic heterocycles. The number of nitrogens with one attached hydrogen (secondary N) is 2. The van der Waals surface area contributed by atoms with E-state index in [1.165, 1.54) is 46.9 Å². The normalized spacial score (nSPS) is 10.8. The van der Waals surface area contributed by atoms with Crippen LogP contribution in [0.25, 0.3) is 0 Å². The average molecular weight is 448 g/mol. The molecule has 2 heterocycles. The number of sulfonamides is 1. The van der Waals surface area contributed by atoms with Gasteiger partial charge in [0.15, 0.2) is 11.6 Å². The summed E-state index contributed by atoms with van der Waals surface area (Å²) in [6.07, 6.45) is 2.48. The van der Waals surface area contributed by atoms with Gasteiger partial charge in [-0.1, -0.05) is 0 Å². The number of ether oxygens (including phenoxy) is 4.